The van der Waals surface area contributed by atoms with Gasteiger partial charge in [0.05, 0.1) is 5.60 Å². The van der Waals surface area contributed by atoms with Crippen LogP contribution in [0, 0.1) is 0 Å². The van der Waals surface area contributed by atoms with Crippen LogP contribution in [0.3, 0.4) is 0 Å². The molecule has 0 bridgehead atoms. The van der Waals surface area contributed by atoms with Crippen molar-refractivity contribution in [3.8, 4) is 0 Å². The summed E-state index contributed by atoms with van der Waals surface area (Å²) >= 11 is 4.92. The number of rotatable bonds is 2. The number of hydrogen-bond acceptors (Lipinski definition) is 3. The largest absolute Gasteiger partial charge is 0.378 e. The Labute approximate surface area is 120 Å². The summed E-state index contributed by atoms with van der Waals surface area (Å²) in [5.41, 5.74) is -0.0816. The van der Waals surface area contributed by atoms with Gasteiger partial charge in [0.2, 0.25) is 0 Å². The maximum Gasteiger partial charge on any atom is 0.265 e. The molecule has 0 aromatic carbocycles. The molecule has 1 fully saturated rings. The molecule has 1 amide bonds. The number of ether oxygens (including phenoxy) is 1. The zero-order chi connectivity index (χ0) is 13.2. The molecule has 2 heterocycles. The van der Waals surface area contributed by atoms with Gasteiger partial charge in [0.1, 0.15) is 4.88 Å². The maximum absolute atomic E-state index is 12.4. The van der Waals surface area contributed by atoms with Crippen LogP contribution in [0.25, 0.3) is 0 Å². The van der Waals surface area contributed by atoms with Crippen LogP contribution in [0.15, 0.2) is 15.9 Å². The molecule has 1 atom stereocenters. The summed E-state index contributed by atoms with van der Waals surface area (Å²) in [6, 6.07) is 1.93. The molecule has 0 unspecified atom stereocenters. The quantitative estimate of drug-likeness (QED) is 0.829. The van der Waals surface area contributed by atoms with E-state index >= 15 is 0 Å². The second kappa shape index (κ2) is 5.72. The van der Waals surface area contributed by atoms with Gasteiger partial charge in [0.15, 0.2) is 0 Å². The second-order valence-corrected chi connectivity index (χ2v) is 6.67. The highest BCUT2D eigenvalue weighted by Crippen LogP contribution is 2.28. The fraction of sp³-hybridized carbons (Fsp3) is 0.615. The van der Waals surface area contributed by atoms with E-state index in [4.69, 9.17) is 4.74 Å². The SMILES string of the molecule is CO[C@@]1(C)CCCN(C(=O)c2sccc2Br)CC1. The summed E-state index contributed by atoms with van der Waals surface area (Å²) in [5, 5.41) is 1.94. The van der Waals surface area contributed by atoms with Crippen molar-refractivity contribution in [1.82, 2.24) is 4.90 Å². The third-order valence-corrected chi connectivity index (χ3v) is 5.46. The van der Waals surface area contributed by atoms with E-state index in [1.165, 1.54) is 11.3 Å². The van der Waals surface area contributed by atoms with Crippen LogP contribution in [0.4, 0.5) is 0 Å². The predicted molar refractivity (Wildman–Crippen MR) is 77.2 cm³/mol. The average Bonchev–Trinajstić information content (AvgIpc) is 2.68. The van der Waals surface area contributed by atoms with Crippen LogP contribution in [-0.2, 0) is 4.74 Å². The van der Waals surface area contributed by atoms with Crippen molar-refractivity contribution in [1.29, 1.82) is 0 Å². The molecule has 100 valence electrons. The lowest BCUT2D eigenvalue weighted by atomic mass is 9.97. The summed E-state index contributed by atoms with van der Waals surface area (Å²) in [4.78, 5) is 15.1. The zero-order valence-corrected chi connectivity index (χ0v) is 13.1. The lowest BCUT2D eigenvalue weighted by Crippen LogP contribution is -2.33. The molecule has 2 rings (SSSR count). The zero-order valence-electron chi connectivity index (χ0n) is 10.7. The third-order valence-electron chi connectivity index (χ3n) is 3.64. The van der Waals surface area contributed by atoms with Crippen molar-refractivity contribution in [2.45, 2.75) is 31.8 Å². The van der Waals surface area contributed by atoms with Gasteiger partial charge in [-0.1, -0.05) is 0 Å². The number of hydrogen-bond donors (Lipinski definition) is 0. The van der Waals surface area contributed by atoms with E-state index < -0.39 is 0 Å². The third kappa shape index (κ3) is 2.95. The lowest BCUT2D eigenvalue weighted by molar-refractivity contribution is -0.00536. The number of carbonyl (C=O) groups is 1. The standard InChI is InChI=1S/C13H18BrNO2S/c1-13(17-2)5-3-7-15(8-6-13)12(16)11-10(14)4-9-18-11/h4,9H,3,5-8H2,1-2H3/t13-/m0/s1. The van der Waals surface area contributed by atoms with Crippen LogP contribution in [0.1, 0.15) is 35.9 Å². The Hall–Kier alpha value is -0.390. The van der Waals surface area contributed by atoms with Crippen molar-refractivity contribution in [3.05, 3.63) is 20.8 Å². The predicted octanol–water partition coefficient (Wildman–Crippen LogP) is 3.54. The van der Waals surface area contributed by atoms with Crippen molar-refractivity contribution in [3.63, 3.8) is 0 Å². The molecular weight excluding hydrogens is 314 g/mol. The molecule has 1 saturated heterocycles. The molecule has 1 aromatic heterocycles. The smallest absolute Gasteiger partial charge is 0.265 e. The van der Waals surface area contributed by atoms with Crippen molar-refractivity contribution in [2.75, 3.05) is 20.2 Å². The van der Waals surface area contributed by atoms with Crippen LogP contribution in [-0.4, -0.2) is 36.6 Å². The molecule has 3 nitrogen and oxygen atoms in total. The number of methoxy groups -OCH3 is 1. The minimum atomic E-state index is -0.0816. The van der Waals surface area contributed by atoms with Gasteiger partial charge in [0.25, 0.3) is 5.91 Å². The first-order valence-corrected chi connectivity index (χ1v) is 7.80. The first-order valence-electron chi connectivity index (χ1n) is 6.13. The van der Waals surface area contributed by atoms with E-state index in [-0.39, 0.29) is 11.5 Å². The van der Waals surface area contributed by atoms with Gasteiger partial charge >= 0.3 is 0 Å². The maximum atomic E-state index is 12.4. The number of thiophene rings is 1. The lowest BCUT2D eigenvalue weighted by Gasteiger charge is -2.26. The number of carbonyl (C=O) groups excluding carboxylic acids is 1. The van der Waals surface area contributed by atoms with Gasteiger partial charge in [0, 0.05) is 24.7 Å². The van der Waals surface area contributed by atoms with E-state index in [9.17, 15) is 4.79 Å². The van der Waals surface area contributed by atoms with E-state index in [0.717, 1.165) is 41.7 Å². The Morgan fingerprint density at radius 2 is 2.28 bits per heavy atom. The molecular formula is C13H18BrNO2S. The Bertz CT molecular complexity index is 434. The highest BCUT2D eigenvalue weighted by atomic mass is 79.9. The van der Waals surface area contributed by atoms with E-state index in [2.05, 4.69) is 22.9 Å². The summed E-state index contributed by atoms with van der Waals surface area (Å²) in [6.45, 7) is 3.72. The van der Waals surface area contributed by atoms with Gasteiger partial charge in [-0.3, -0.25) is 4.79 Å². The van der Waals surface area contributed by atoms with Crippen LogP contribution < -0.4 is 0 Å². The van der Waals surface area contributed by atoms with E-state index in [0.29, 0.717) is 0 Å². The van der Waals surface area contributed by atoms with Gasteiger partial charge in [-0.15, -0.1) is 11.3 Å². The highest BCUT2D eigenvalue weighted by molar-refractivity contribution is 9.10. The molecule has 1 aliphatic rings. The van der Waals surface area contributed by atoms with Crippen molar-refractivity contribution in [2.24, 2.45) is 0 Å². The molecule has 1 aromatic rings. The number of halogens is 1. The fourth-order valence-corrected chi connectivity index (χ4v) is 3.76. The number of likely N-dealkylation sites (tertiary alicyclic amines) is 1. The van der Waals surface area contributed by atoms with Gasteiger partial charge in [-0.25, -0.2) is 0 Å². The van der Waals surface area contributed by atoms with E-state index in [1.54, 1.807) is 7.11 Å². The first-order chi connectivity index (χ1) is 8.56. The summed E-state index contributed by atoms with van der Waals surface area (Å²) < 4.78 is 6.46. The van der Waals surface area contributed by atoms with Crippen LogP contribution in [0.2, 0.25) is 0 Å². The molecule has 0 spiro atoms. The summed E-state index contributed by atoms with van der Waals surface area (Å²) in [7, 11) is 1.76. The number of amides is 1. The van der Waals surface area contributed by atoms with Crippen LogP contribution in [0.5, 0.6) is 0 Å². The monoisotopic (exact) mass is 331 g/mol. The molecule has 5 heteroatoms. The highest BCUT2D eigenvalue weighted by Gasteiger charge is 2.30. The topological polar surface area (TPSA) is 29.5 Å². The minimum absolute atomic E-state index is 0.0816. The Kier molecular flexibility index (Phi) is 4.45. The van der Waals surface area contributed by atoms with Gasteiger partial charge in [-0.2, -0.15) is 0 Å². The van der Waals surface area contributed by atoms with Gasteiger partial charge < -0.3 is 9.64 Å². The van der Waals surface area contributed by atoms with Crippen molar-refractivity contribution < 1.29 is 9.53 Å². The van der Waals surface area contributed by atoms with Crippen LogP contribution >= 0.6 is 27.3 Å². The molecule has 18 heavy (non-hydrogen) atoms. The molecule has 0 aliphatic carbocycles. The van der Waals surface area contributed by atoms with Crippen molar-refractivity contribution >= 4 is 33.2 Å². The van der Waals surface area contributed by atoms with E-state index in [1.807, 2.05) is 16.3 Å². The number of nitrogens with zero attached hydrogens (tertiary/aromatic N) is 1. The average molecular weight is 332 g/mol. The fourth-order valence-electron chi connectivity index (χ4n) is 2.25. The van der Waals surface area contributed by atoms with Gasteiger partial charge in [-0.05, 0) is 53.6 Å². The summed E-state index contributed by atoms with van der Waals surface area (Å²) in [5.74, 6) is 0.136. The first kappa shape index (κ1) is 14.0. The Morgan fingerprint density at radius 1 is 1.50 bits per heavy atom. The molecule has 0 radical (unpaired) electrons. The molecule has 1 aliphatic heterocycles. The second-order valence-electron chi connectivity index (χ2n) is 4.90. The summed E-state index contributed by atoms with van der Waals surface area (Å²) in [6.07, 6.45) is 2.91. The Balaban J connectivity index is 2.07. The molecule has 0 saturated carbocycles. The normalized spacial score (nSPS) is 24.9. The minimum Gasteiger partial charge on any atom is -0.378 e. The Morgan fingerprint density at radius 3 is 2.89 bits per heavy atom. The molecule has 0 N–H and O–H groups in total.